The summed E-state index contributed by atoms with van der Waals surface area (Å²) in [4.78, 5) is 11.3. The van der Waals surface area contributed by atoms with Gasteiger partial charge in [0.25, 0.3) is 5.69 Å². The van der Waals surface area contributed by atoms with Crippen LogP contribution >= 0.6 is 33.9 Å². The Morgan fingerprint density at radius 2 is 2.22 bits per heavy atom. The summed E-state index contributed by atoms with van der Waals surface area (Å²) in [6.07, 6.45) is 0. The van der Waals surface area contributed by atoms with Gasteiger partial charge in [-0.25, -0.2) is 0 Å². The molecular formula is C12H7IN2O2S. The van der Waals surface area contributed by atoms with E-state index < -0.39 is 4.92 Å². The Kier molecular flexibility index (Phi) is 3.93. The number of thiophene rings is 1. The Morgan fingerprint density at radius 3 is 2.72 bits per heavy atom. The fourth-order valence-corrected chi connectivity index (χ4v) is 3.14. The number of hydrogen-bond acceptors (Lipinski definition) is 4. The zero-order valence-electron chi connectivity index (χ0n) is 9.04. The van der Waals surface area contributed by atoms with Crippen LogP contribution in [0.3, 0.4) is 0 Å². The van der Waals surface area contributed by atoms with Crippen molar-refractivity contribution in [1.29, 1.82) is 5.26 Å². The molecule has 1 aromatic heterocycles. The maximum absolute atomic E-state index is 10.7. The predicted octanol–water partition coefficient (Wildman–Crippen LogP) is 3.92. The quantitative estimate of drug-likeness (QED) is 0.467. The minimum absolute atomic E-state index is 0.0715. The zero-order chi connectivity index (χ0) is 13.1. The molecule has 1 unspecified atom stereocenters. The molecule has 0 N–H and O–H groups in total. The second-order valence-electron chi connectivity index (χ2n) is 3.55. The minimum atomic E-state index is -0.419. The number of hydrogen-bond donors (Lipinski definition) is 0. The average Bonchev–Trinajstić information content (AvgIpc) is 2.83. The first-order valence-corrected chi connectivity index (χ1v) is 6.96. The standard InChI is InChI=1S/C12H7IN2O2S/c13-10-6-8(3-4-11(10)15(16)17)9(7-14)12-2-1-5-18-12/h1-6,9H. The lowest BCUT2D eigenvalue weighted by Gasteiger charge is -2.07. The second kappa shape index (κ2) is 5.46. The second-order valence-corrected chi connectivity index (χ2v) is 5.69. The van der Waals surface area contributed by atoms with E-state index in [2.05, 4.69) is 6.07 Å². The normalized spacial score (nSPS) is 11.8. The van der Waals surface area contributed by atoms with Gasteiger partial charge >= 0.3 is 0 Å². The largest absolute Gasteiger partial charge is 0.282 e. The van der Waals surface area contributed by atoms with E-state index in [9.17, 15) is 15.4 Å². The van der Waals surface area contributed by atoms with Crippen molar-refractivity contribution in [2.75, 3.05) is 0 Å². The van der Waals surface area contributed by atoms with E-state index in [0.29, 0.717) is 3.57 Å². The van der Waals surface area contributed by atoms with E-state index in [1.165, 1.54) is 17.4 Å². The molecule has 2 rings (SSSR count). The van der Waals surface area contributed by atoms with Crippen molar-refractivity contribution in [1.82, 2.24) is 0 Å². The van der Waals surface area contributed by atoms with E-state index >= 15 is 0 Å². The molecule has 1 atom stereocenters. The van der Waals surface area contributed by atoms with Gasteiger partial charge in [-0.05, 0) is 45.7 Å². The van der Waals surface area contributed by atoms with E-state index in [1.54, 1.807) is 12.1 Å². The molecule has 0 bridgehead atoms. The number of nitro groups is 1. The van der Waals surface area contributed by atoms with Gasteiger partial charge in [0.1, 0.15) is 5.92 Å². The Balaban J connectivity index is 2.43. The van der Waals surface area contributed by atoms with Gasteiger partial charge in [-0.3, -0.25) is 10.1 Å². The van der Waals surface area contributed by atoms with Crippen LogP contribution in [-0.4, -0.2) is 4.92 Å². The van der Waals surface area contributed by atoms with Crippen LogP contribution in [0.5, 0.6) is 0 Å². The van der Waals surface area contributed by atoms with E-state index in [0.717, 1.165) is 10.4 Å². The van der Waals surface area contributed by atoms with Crippen LogP contribution in [0.25, 0.3) is 0 Å². The summed E-state index contributed by atoms with van der Waals surface area (Å²) in [7, 11) is 0. The molecule has 0 saturated heterocycles. The third kappa shape index (κ3) is 2.52. The van der Waals surface area contributed by atoms with Crippen LogP contribution < -0.4 is 0 Å². The molecule has 0 saturated carbocycles. The Bertz CT molecular complexity index is 620. The summed E-state index contributed by atoms with van der Waals surface area (Å²) in [6, 6.07) is 10.8. The van der Waals surface area contributed by atoms with Crippen molar-refractivity contribution < 1.29 is 4.92 Å². The van der Waals surface area contributed by atoms with Crippen LogP contribution in [0.2, 0.25) is 0 Å². The van der Waals surface area contributed by atoms with Crippen molar-refractivity contribution >= 4 is 39.6 Å². The number of nitro benzene ring substituents is 1. The van der Waals surface area contributed by atoms with Crippen molar-refractivity contribution in [3.05, 3.63) is 59.8 Å². The highest BCUT2D eigenvalue weighted by molar-refractivity contribution is 14.1. The molecule has 0 aliphatic carbocycles. The molecular weight excluding hydrogens is 363 g/mol. The third-order valence-corrected chi connectivity index (χ3v) is 4.26. The monoisotopic (exact) mass is 370 g/mol. The lowest BCUT2D eigenvalue weighted by molar-refractivity contribution is -0.385. The maximum atomic E-state index is 10.7. The van der Waals surface area contributed by atoms with Gasteiger partial charge in [-0.2, -0.15) is 5.26 Å². The topological polar surface area (TPSA) is 66.9 Å². The highest BCUT2D eigenvalue weighted by atomic mass is 127. The number of nitrogens with zero attached hydrogens (tertiary/aromatic N) is 2. The lowest BCUT2D eigenvalue weighted by atomic mass is 9.99. The highest BCUT2D eigenvalue weighted by Crippen LogP contribution is 2.31. The zero-order valence-corrected chi connectivity index (χ0v) is 12.0. The summed E-state index contributed by atoms with van der Waals surface area (Å²) in [6.45, 7) is 0. The number of benzene rings is 1. The molecule has 0 aliphatic heterocycles. The van der Waals surface area contributed by atoms with Crippen LogP contribution in [0.15, 0.2) is 35.7 Å². The molecule has 6 heteroatoms. The van der Waals surface area contributed by atoms with Crippen molar-refractivity contribution in [2.45, 2.75) is 5.92 Å². The molecule has 0 fully saturated rings. The summed E-state index contributed by atoms with van der Waals surface area (Å²) in [5.74, 6) is -0.362. The van der Waals surface area contributed by atoms with Crippen LogP contribution in [0.1, 0.15) is 16.4 Å². The molecule has 0 amide bonds. The van der Waals surface area contributed by atoms with Gasteiger partial charge in [0.15, 0.2) is 0 Å². The van der Waals surface area contributed by atoms with Crippen LogP contribution in [0.4, 0.5) is 5.69 Å². The molecule has 0 aliphatic rings. The highest BCUT2D eigenvalue weighted by Gasteiger charge is 2.18. The van der Waals surface area contributed by atoms with Gasteiger partial charge in [-0.1, -0.05) is 12.1 Å². The summed E-state index contributed by atoms with van der Waals surface area (Å²) in [5.41, 5.74) is 0.858. The summed E-state index contributed by atoms with van der Waals surface area (Å²) in [5, 5.41) is 21.9. The SMILES string of the molecule is N#CC(c1ccc([N+](=O)[O-])c(I)c1)c1cccs1. The van der Waals surface area contributed by atoms with Crippen LogP contribution in [-0.2, 0) is 0 Å². The predicted molar refractivity (Wildman–Crippen MR) is 77.6 cm³/mol. The first kappa shape index (κ1) is 13.0. The Hall–Kier alpha value is -1.46. The molecule has 0 spiro atoms. The molecule has 1 aromatic carbocycles. The van der Waals surface area contributed by atoms with Crippen LogP contribution in [0, 0.1) is 25.0 Å². The van der Waals surface area contributed by atoms with Gasteiger partial charge in [0.05, 0.1) is 14.6 Å². The molecule has 4 nitrogen and oxygen atoms in total. The Labute approximate surface area is 121 Å². The summed E-state index contributed by atoms with van der Waals surface area (Å²) < 4.78 is 0.548. The smallest absolute Gasteiger partial charge is 0.258 e. The molecule has 90 valence electrons. The van der Waals surface area contributed by atoms with Gasteiger partial charge in [0, 0.05) is 10.9 Å². The molecule has 0 radical (unpaired) electrons. The lowest BCUT2D eigenvalue weighted by Crippen LogP contribution is -1.98. The van der Waals surface area contributed by atoms with Gasteiger partial charge < -0.3 is 0 Å². The first-order valence-electron chi connectivity index (χ1n) is 5.00. The number of halogens is 1. The van der Waals surface area contributed by atoms with Crippen molar-refractivity contribution in [3.8, 4) is 6.07 Å². The van der Waals surface area contributed by atoms with Crippen molar-refractivity contribution in [2.24, 2.45) is 0 Å². The average molecular weight is 370 g/mol. The third-order valence-electron chi connectivity index (χ3n) is 2.46. The number of rotatable bonds is 3. The number of nitriles is 1. The fraction of sp³-hybridized carbons (Fsp3) is 0.0833. The fourth-order valence-electron chi connectivity index (χ4n) is 1.61. The van der Waals surface area contributed by atoms with E-state index in [1.807, 2.05) is 40.1 Å². The summed E-state index contributed by atoms with van der Waals surface area (Å²) >= 11 is 3.43. The van der Waals surface area contributed by atoms with Gasteiger partial charge in [0.2, 0.25) is 0 Å². The first-order chi connectivity index (χ1) is 8.63. The molecule has 1 heterocycles. The molecule has 2 aromatic rings. The van der Waals surface area contributed by atoms with Gasteiger partial charge in [-0.15, -0.1) is 11.3 Å². The molecule has 18 heavy (non-hydrogen) atoms. The maximum Gasteiger partial charge on any atom is 0.282 e. The van der Waals surface area contributed by atoms with E-state index in [-0.39, 0.29) is 11.6 Å². The minimum Gasteiger partial charge on any atom is -0.258 e. The van der Waals surface area contributed by atoms with Crippen molar-refractivity contribution in [3.63, 3.8) is 0 Å². The Morgan fingerprint density at radius 1 is 1.44 bits per heavy atom. The van der Waals surface area contributed by atoms with E-state index in [4.69, 9.17) is 0 Å².